The van der Waals surface area contributed by atoms with E-state index in [4.69, 9.17) is 11.6 Å². The molecule has 0 N–H and O–H groups in total. The molecule has 4 rings (SSSR count). The first-order valence-electron chi connectivity index (χ1n) is 10.3. The number of para-hydroxylation sites is 1. The second-order valence-electron chi connectivity index (χ2n) is 7.68. The van der Waals surface area contributed by atoms with Gasteiger partial charge in [-0.2, -0.15) is 0 Å². The van der Waals surface area contributed by atoms with Gasteiger partial charge in [0.1, 0.15) is 0 Å². The van der Waals surface area contributed by atoms with E-state index in [2.05, 4.69) is 11.0 Å². The normalized spacial score (nSPS) is 17.6. The number of aryl methyl sites for hydroxylation is 1. The number of hydrogen-bond acceptors (Lipinski definition) is 3. The maximum atomic E-state index is 13.0. The maximum absolute atomic E-state index is 13.0. The van der Waals surface area contributed by atoms with Gasteiger partial charge in [-0.1, -0.05) is 41.9 Å². The van der Waals surface area contributed by atoms with Crippen LogP contribution >= 0.6 is 11.6 Å². The van der Waals surface area contributed by atoms with E-state index in [0.717, 1.165) is 38.0 Å². The van der Waals surface area contributed by atoms with Gasteiger partial charge < -0.3 is 9.80 Å². The Morgan fingerprint density at radius 2 is 1.66 bits per heavy atom. The molecule has 2 aliphatic heterocycles. The van der Waals surface area contributed by atoms with Crippen molar-refractivity contribution in [3.63, 3.8) is 0 Å². The van der Waals surface area contributed by atoms with Crippen molar-refractivity contribution in [3.8, 4) is 0 Å². The van der Waals surface area contributed by atoms with E-state index >= 15 is 0 Å². The van der Waals surface area contributed by atoms with Crippen LogP contribution in [0.2, 0.25) is 5.02 Å². The molecule has 2 aromatic carbocycles. The molecule has 2 aliphatic rings. The van der Waals surface area contributed by atoms with E-state index in [-0.39, 0.29) is 11.8 Å². The second-order valence-corrected chi connectivity index (χ2v) is 8.09. The molecule has 0 aromatic heterocycles. The molecule has 0 bridgehead atoms. The number of fused-ring (bicyclic) bond motifs is 1. The summed E-state index contributed by atoms with van der Waals surface area (Å²) in [6, 6.07) is 15.4. The Morgan fingerprint density at radius 1 is 0.862 bits per heavy atom. The molecule has 0 saturated carbocycles. The van der Waals surface area contributed by atoms with Gasteiger partial charge in [-0.25, -0.2) is 0 Å². The molecular formula is C23H26ClN3O2. The molecule has 1 saturated heterocycles. The molecule has 5 nitrogen and oxygen atoms in total. The fourth-order valence-electron chi connectivity index (χ4n) is 4.21. The quantitative estimate of drug-likeness (QED) is 0.776. The Balaban J connectivity index is 1.38. The van der Waals surface area contributed by atoms with Crippen LogP contribution in [0, 0.1) is 0 Å². The molecule has 1 fully saturated rings. The van der Waals surface area contributed by atoms with Crippen molar-refractivity contribution in [2.45, 2.75) is 19.3 Å². The predicted molar refractivity (Wildman–Crippen MR) is 116 cm³/mol. The molecule has 2 heterocycles. The highest BCUT2D eigenvalue weighted by molar-refractivity contribution is 6.33. The number of hydrogen-bond donors (Lipinski definition) is 0. The van der Waals surface area contributed by atoms with Crippen LogP contribution in [-0.4, -0.2) is 60.9 Å². The van der Waals surface area contributed by atoms with Gasteiger partial charge in [-0.3, -0.25) is 14.5 Å². The van der Waals surface area contributed by atoms with Gasteiger partial charge in [0.15, 0.2) is 0 Å². The fraction of sp³-hybridized carbons (Fsp3) is 0.391. The summed E-state index contributed by atoms with van der Waals surface area (Å²) >= 11 is 6.20. The summed E-state index contributed by atoms with van der Waals surface area (Å²) in [5.74, 6) is 0.108. The highest BCUT2D eigenvalue weighted by atomic mass is 35.5. The van der Waals surface area contributed by atoms with Crippen molar-refractivity contribution < 1.29 is 9.59 Å². The lowest BCUT2D eigenvalue weighted by molar-refractivity contribution is -0.119. The minimum atomic E-state index is -0.0336. The predicted octanol–water partition coefficient (Wildman–Crippen LogP) is 3.47. The van der Waals surface area contributed by atoms with Gasteiger partial charge >= 0.3 is 0 Å². The van der Waals surface area contributed by atoms with Gasteiger partial charge in [-0.15, -0.1) is 0 Å². The van der Waals surface area contributed by atoms with Crippen LogP contribution < -0.4 is 4.90 Å². The number of carbonyl (C=O) groups excluding carboxylic acids is 2. The monoisotopic (exact) mass is 411 g/mol. The molecular weight excluding hydrogens is 386 g/mol. The standard InChI is InChI=1S/C23H26ClN3O2/c24-20-10-3-2-9-19(20)23(29)26-13-6-12-25(15-16-26)17-22(28)27-14-5-8-18-7-1-4-11-21(18)27/h1-4,7,9-11H,5-6,8,12-17H2. The SMILES string of the molecule is O=C(c1ccccc1Cl)N1CCCN(CC(=O)N2CCCc3ccccc32)CC1. The molecule has 0 unspecified atom stereocenters. The first kappa shape index (κ1) is 19.9. The molecule has 152 valence electrons. The van der Waals surface area contributed by atoms with E-state index in [1.807, 2.05) is 40.1 Å². The molecule has 0 radical (unpaired) electrons. The van der Waals surface area contributed by atoms with E-state index in [9.17, 15) is 9.59 Å². The largest absolute Gasteiger partial charge is 0.337 e. The average molecular weight is 412 g/mol. The van der Waals surface area contributed by atoms with Crippen LogP contribution in [0.15, 0.2) is 48.5 Å². The van der Waals surface area contributed by atoms with Crippen molar-refractivity contribution in [3.05, 3.63) is 64.7 Å². The molecule has 0 aliphatic carbocycles. The van der Waals surface area contributed by atoms with E-state index < -0.39 is 0 Å². The molecule has 2 amide bonds. The Bertz CT molecular complexity index is 901. The second kappa shape index (κ2) is 8.97. The van der Waals surface area contributed by atoms with Gasteiger partial charge in [0.2, 0.25) is 5.91 Å². The minimum Gasteiger partial charge on any atom is -0.337 e. The third-order valence-electron chi connectivity index (χ3n) is 5.75. The Labute approximate surface area is 176 Å². The summed E-state index contributed by atoms with van der Waals surface area (Å²) in [6.45, 7) is 3.96. The number of amides is 2. The number of carbonyl (C=O) groups is 2. The Morgan fingerprint density at radius 3 is 2.52 bits per heavy atom. The molecule has 2 aromatic rings. The van der Waals surface area contributed by atoms with Crippen LogP contribution in [0.4, 0.5) is 5.69 Å². The highest BCUT2D eigenvalue weighted by Gasteiger charge is 2.26. The van der Waals surface area contributed by atoms with Crippen LogP contribution in [0.5, 0.6) is 0 Å². The Hall–Kier alpha value is -2.37. The first-order chi connectivity index (χ1) is 14.1. The van der Waals surface area contributed by atoms with Gasteiger partial charge in [0, 0.05) is 38.4 Å². The van der Waals surface area contributed by atoms with Crippen LogP contribution in [0.25, 0.3) is 0 Å². The Kier molecular flexibility index (Phi) is 6.16. The van der Waals surface area contributed by atoms with Gasteiger partial charge in [0.05, 0.1) is 17.1 Å². The van der Waals surface area contributed by atoms with Gasteiger partial charge in [-0.05, 0) is 43.0 Å². The fourth-order valence-corrected chi connectivity index (χ4v) is 4.42. The highest BCUT2D eigenvalue weighted by Crippen LogP contribution is 2.27. The zero-order chi connectivity index (χ0) is 20.2. The lowest BCUT2D eigenvalue weighted by atomic mass is 10.0. The third kappa shape index (κ3) is 4.46. The van der Waals surface area contributed by atoms with E-state index in [1.165, 1.54) is 5.56 Å². The summed E-state index contributed by atoms with van der Waals surface area (Å²) in [4.78, 5) is 31.8. The van der Waals surface area contributed by atoms with Crippen LogP contribution in [0.3, 0.4) is 0 Å². The number of rotatable bonds is 3. The van der Waals surface area contributed by atoms with Crippen molar-refractivity contribution in [1.29, 1.82) is 0 Å². The maximum Gasteiger partial charge on any atom is 0.255 e. The molecule has 29 heavy (non-hydrogen) atoms. The molecule has 0 spiro atoms. The lowest BCUT2D eigenvalue weighted by Gasteiger charge is -2.31. The topological polar surface area (TPSA) is 43.9 Å². The summed E-state index contributed by atoms with van der Waals surface area (Å²) < 4.78 is 0. The number of nitrogens with zero attached hydrogens (tertiary/aromatic N) is 3. The average Bonchev–Trinajstić information content (AvgIpc) is 2.99. The minimum absolute atomic E-state index is 0.0336. The molecule has 6 heteroatoms. The number of benzene rings is 2. The van der Waals surface area contributed by atoms with E-state index in [1.54, 1.807) is 12.1 Å². The van der Waals surface area contributed by atoms with E-state index in [0.29, 0.717) is 36.8 Å². The van der Waals surface area contributed by atoms with Crippen LogP contribution in [0.1, 0.15) is 28.8 Å². The smallest absolute Gasteiger partial charge is 0.255 e. The van der Waals surface area contributed by atoms with Crippen molar-refractivity contribution in [1.82, 2.24) is 9.80 Å². The van der Waals surface area contributed by atoms with Gasteiger partial charge in [0.25, 0.3) is 5.91 Å². The lowest BCUT2D eigenvalue weighted by Crippen LogP contribution is -2.44. The number of halogens is 1. The van der Waals surface area contributed by atoms with Crippen molar-refractivity contribution in [2.75, 3.05) is 44.2 Å². The molecule has 0 atom stereocenters. The van der Waals surface area contributed by atoms with Crippen molar-refractivity contribution >= 4 is 29.1 Å². The van der Waals surface area contributed by atoms with Crippen LogP contribution in [-0.2, 0) is 11.2 Å². The third-order valence-corrected chi connectivity index (χ3v) is 6.08. The summed E-state index contributed by atoms with van der Waals surface area (Å²) in [7, 11) is 0. The summed E-state index contributed by atoms with van der Waals surface area (Å²) in [5, 5.41) is 0.484. The summed E-state index contributed by atoms with van der Waals surface area (Å²) in [6.07, 6.45) is 2.88. The first-order valence-corrected chi connectivity index (χ1v) is 10.7. The van der Waals surface area contributed by atoms with Crippen molar-refractivity contribution in [2.24, 2.45) is 0 Å². The zero-order valence-electron chi connectivity index (χ0n) is 16.5. The summed E-state index contributed by atoms with van der Waals surface area (Å²) in [5.41, 5.74) is 2.84. The number of anilines is 1. The zero-order valence-corrected chi connectivity index (χ0v) is 17.3.